The van der Waals surface area contributed by atoms with Crippen molar-refractivity contribution in [3.05, 3.63) is 40.6 Å². The van der Waals surface area contributed by atoms with Gasteiger partial charge in [-0.05, 0) is 43.0 Å². The van der Waals surface area contributed by atoms with Crippen LogP contribution < -0.4 is 19.7 Å². The van der Waals surface area contributed by atoms with Crippen molar-refractivity contribution in [1.82, 2.24) is 5.32 Å². The molecular formula is C23H26N2O4. The molecule has 0 saturated carbocycles. The monoisotopic (exact) mass is 394 g/mol. The standard InChI is InChI=1S/C23H26N2O4/c1-27-17-9-15-16(10-18(17)28-2)25-20(26)11-19-21-14-3-5-23(15,22(21)25)6-7-24-12-13(14)4-8-29-19/h4,9-10,14,19,24H,3,5-8,11-12H2,1-2H3/t14-,19?,23-/m1/s1. The van der Waals surface area contributed by atoms with Crippen LogP contribution in [0.25, 0.3) is 0 Å². The zero-order chi connectivity index (χ0) is 19.8. The molecule has 0 fully saturated rings. The maximum atomic E-state index is 13.4. The molecule has 0 saturated heterocycles. The van der Waals surface area contributed by atoms with Crippen molar-refractivity contribution in [2.24, 2.45) is 5.92 Å². The van der Waals surface area contributed by atoms with Crippen molar-refractivity contribution >= 4 is 11.6 Å². The largest absolute Gasteiger partial charge is 0.493 e. The Morgan fingerprint density at radius 2 is 2.03 bits per heavy atom. The second-order valence-corrected chi connectivity index (χ2v) is 8.66. The molecule has 1 aliphatic carbocycles. The quantitative estimate of drug-likeness (QED) is 0.782. The first-order chi connectivity index (χ1) is 14.2. The Morgan fingerprint density at radius 1 is 1.21 bits per heavy atom. The first kappa shape index (κ1) is 17.5. The van der Waals surface area contributed by atoms with Crippen LogP contribution in [0.15, 0.2) is 35.1 Å². The number of ether oxygens (including phenoxy) is 3. The number of nitrogens with one attached hydrogen (secondary N) is 1. The topological polar surface area (TPSA) is 60.0 Å². The van der Waals surface area contributed by atoms with Gasteiger partial charge in [-0.2, -0.15) is 0 Å². The lowest BCUT2D eigenvalue weighted by Crippen LogP contribution is -2.47. The SMILES string of the molecule is COc1cc2c(cc1OC)[C@@]13CCNCC4=CCOC5CC(=O)N2C1=C5[C@@H]4CC3. The number of hydrogen-bond donors (Lipinski definition) is 1. The molecule has 1 N–H and O–H groups in total. The second kappa shape index (κ2) is 6.09. The van der Waals surface area contributed by atoms with Crippen molar-refractivity contribution in [2.75, 3.05) is 38.8 Å². The molecule has 1 amide bonds. The van der Waals surface area contributed by atoms with Crippen LogP contribution in [0.4, 0.5) is 5.69 Å². The fourth-order valence-electron chi connectivity index (χ4n) is 6.32. The lowest BCUT2D eigenvalue weighted by molar-refractivity contribution is -0.121. The molecule has 3 atom stereocenters. The summed E-state index contributed by atoms with van der Waals surface area (Å²) in [6, 6.07) is 4.09. The zero-order valence-corrected chi connectivity index (χ0v) is 16.9. The minimum absolute atomic E-state index is 0.108. The van der Waals surface area contributed by atoms with Crippen molar-refractivity contribution in [3.8, 4) is 11.5 Å². The summed E-state index contributed by atoms with van der Waals surface area (Å²) in [5, 5.41) is 3.65. The fourth-order valence-corrected chi connectivity index (χ4v) is 6.32. The molecule has 1 unspecified atom stereocenters. The zero-order valence-electron chi connectivity index (χ0n) is 16.9. The highest BCUT2D eigenvalue weighted by Crippen LogP contribution is 2.62. The summed E-state index contributed by atoms with van der Waals surface area (Å²) in [5.74, 6) is 1.88. The number of fused-ring (bicyclic) bond motifs is 2. The van der Waals surface area contributed by atoms with Crippen LogP contribution >= 0.6 is 0 Å². The summed E-state index contributed by atoms with van der Waals surface area (Å²) in [4.78, 5) is 15.4. The van der Waals surface area contributed by atoms with E-state index in [0.29, 0.717) is 24.7 Å². The molecule has 29 heavy (non-hydrogen) atoms. The highest BCUT2D eigenvalue weighted by Gasteiger charge is 2.57. The first-order valence-electron chi connectivity index (χ1n) is 10.5. The summed E-state index contributed by atoms with van der Waals surface area (Å²) in [5.41, 5.74) is 5.94. The van der Waals surface area contributed by atoms with E-state index in [1.54, 1.807) is 14.2 Å². The van der Waals surface area contributed by atoms with Crippen LogP contribution in [0.3, 0.4) is 0 Å². The van der Waals surface area contributed by atoms with Crippen LogP contribution in [-0.2, 0) is 14.9 Å². The summed E-state index contributed by atoms with van der Waals surface area (Å²) in [6.07, 6.45) is 5.64. The number of benzene rings is 1. The normalized spacial score (nSPS) is 32.1. The predicted octanol–water partition coefficient (Wildman–Crippen LogP) is 2.67. The van der Waals surface area contributed by atoms with Gasteiger partial charge in [-0.15, -0.1) is 0 Å². The van der Waals surface area contributed by atoms with Crippen molar-refractivity contribution < 1.29 is 19.0 Å². The number of methoxy groups -OCH3 is 2. The first-order valence-corrected chi connectivity index (χ1v) is 10.5. The smallest absolute Gasteiger partial charge is 0.234 e. The number of amides is 1. The third kappa shape index (κ3) is 2.16. The molecule has 1 aromatic rings. The number of carbonyl (C=O) groups is 1. The Balaban J connectivity index is 1.68. The molecule has 6 nitrogen and oxygen atoms in total. The van der Waals surface area contributed by atoms with Gasteiger partial charge in [0.15, 0.2) is 11.5 Å². The van der Waals surface area contributed by atoms with Gasteiger partial charge in [0, 0.05) is 29.6 Å². The third-order valence-corrected chi connectivity index (χ3v) is 7.55. The van der Waals surface area contributed by atoms with E-state index in [1.807, 2.05) is 11.0 Å². The van der Waals surface area contributed by atoms with Crippen LogP contribution in [0, 0.1) is 5.92 Å². The van der Waals surface area contributed by atoms with Crippen molar-refractivity contribution in [1.29, 1.82) is 0 Å². The van der Waals surface area contributed by atoms with Gasteiger partial charge in [-0.3, -0.25) is 9.69 Å². The fraction of sp³-hybridized carbons (Fsp3) is 0.522. The minimum atomic E-state index is -0.175. The average Bonchev–Trinajstić information content (AvgIpc) is 2.98. The van der Waals surface area contributed by atoms with E-state index in [9.17, 15) is 4.79 Å². The number of rotatable bonds is 2. The number of allylic oxidation sites excluding steroid dienone is 1. The molecule has 4 aliphatic heterocycles. The van der Waals surface area contributed by atoms with Gasteiger partial charge in [0.05, 0.1) is 39.0 Å². The molecular weight excluding hydrogens is 368 g/mol. The van der Waals surface area contributed by atoms with E-state index >= 15 is 0 Å². The van der Waals surface area contributed by atoms with Gasteiger partial charge in [0.25, 0.3) is 0 Å². The Morgan fingerprint density at radius 3 is 2.86 bits per heavy atom. The molecule has 6 rings (SSSR count). The molecule has 5 aliphatic rings. The number of anilines is 1. The third-order valence-electron chi connectivity index (χ3n) is 7.55. The summed E-state index contributed by atoms with van der Waals surface area (Å²) >= 11 is 0. The average molecular weight is 394 g/mol. The second-order valence-electron chi connectivity index (χ2n) is 8.66. The lowest BCUT2D eigenvalue weighted by atomic mass is 9.63. The van der Waals surface area contributed by atoms with E-state index in [-0.39, 0.29) is 17.4 Å². The van der Waals surface area contributed by atoms with Gasteiger partial charge in [-0.25, -0.2) is 0 Å². The summed E-state index contributed by atoms with van der Waals surface area (Å²) in [7, 11) is 3.32. The van der Waals surface area contributed by atoms with Crippen LogP contribution in [0.2, 0.25) is 0 Å². The molecule has 152 valence electrons. The summed E-state index contributed by atoms with van der Waals surface area (Å²) in [6.45, 7) is 2.41. The number of carbonyl (C=O) groups excluding carboxylic acids is 1. The van der Waals surface area contributed by atoms with E-state index in [4.69, 9.17) is 14.2 Å². The molecule has 0 radical (unpaired) electrons. The van der Waals surface area contributed by atoms with Gasteiger partial charge >= 0.3 is 0 Å². The van der Waals surface area contributed by atoms with E-state index in [1.165, 1.54) is 22.4 Å². The predicted molar refractivity (Wildman–Crippen MR) is 108 cm³/mol. The van der Waals surface area contributed by atoms with E-state index in [2.05, 4.69) is 17.5 Å². The van der Waals surface area contributed by atoms with Gasteiger partial charge < -0.3 is 19.5 Å². The molecule has 6 heteroatoms. The van der Waals surface area contributed by atoms with Crippen LogP contribution in [-0.4, -0.2) is 45.9 Å². The highest BCUT2D eigenvalue weighted by atomic mass is 16.5. The summed E-state index contributed by atoms with van der Waals surface area (Å²) < 4.78 is 17.4. The van der Waals surface area contributed by atoms with Crippen LogP contribution in [0.5, 0.6) is 11.5 Å². The maximum Gasteiger partial charge on any atom is 0.234 e. The number of nitrogens with zero attached hydrogens (tertiary/aromatic N) is 1. The Labute approximate surface area is 170 Å². The number of hydrogen-bond acceptors (Lipinski definition) is 5. The maximum absolute atomic E-state index is 13.4. The molecule has 0 aromatic heterocycles. The molecule has 1 aromatic carbocycles. The van der Waals surface area contributed by atoms with E-state index in [0.717, 1.165) is 43.8 Å². The van der Waals surface area contributed by atoms with Crippen molar-refractivity contribution in [3.63, 3.8) is 0 Å². The molecule has 0 spiro atoms. The lowest BCUT2D eigenvalue weighted by Gasteiger charge is -2.45. The Hall–Kier alpha value is -2.31. The van der Waals surface area contributed by atoms with Gasteiger partial charge in [0.2, 0.25) is 5.91 Å². The van der Waals surface area contributed by atoms with Crippen molar-refractivity contribution in [2.45, 2.75) is 37.2 Å². The van der Waals surface area contributed by atoms with Gasteiger partial charge in [0.1, 0.15) is 0 Å². The Kier molecular flexibility index (Phi) is 3.69. The van der Waals surface area contributed by atoms with Crippen LogP contribution in [0.1, 0.15) is 31.2 Å². The molecule has 4 heterocycles. The van der Waals surface area contributed by atoms with Gasteiger partial charge in [-0.1, -0.05) is 11.6 Å². The molecule has 4 bridgehead atoms. The Bertz CT molecular complexity index is 981. The van der Waals surface area contributed by atoms with E-state index < -0.39 is 0 Å². The highest BCUT2D eigenvalue weighted by molar-refractivity contribution is 6.03. The minimum Gasteiger partial charge on any atom is -0.493 e.